The third-order valence-corrected chi connectivity index (χ3v) is 3.24. The maximum Gasteiger partial charge on any atom is 0.106 e. The van der Waals surface area contributed by atoms with Crippen molar-refractivity contribution in [2.75, 3.05) is 6.61 Å². The fourth-order valence-corrected chi connectivity index (χ4v) is 2.24. The predicted molar refractivity (Wildman–Crippen MR) is 76.1 cm³/mol. The van der Waals surface area contributed by atoms with Gasteiger partial charge in [-0.3, -0.25) is 4.98 Å². The van der Waals surface area contributed by atoms with Gasteiger partial charge in [-0.15, -0.1) is 0 Å². The van der Waals surface area contributed by atoms with E-state index in [1.807, 2.05) is 24.7 Å². The summed E-state index contributed by atoms with van der Waals surface area (Å²) in [5.74, 6) is 0.901. The van der Waals surface area contributed by atoms with Crippen LogP contribution in [0, 0.1) is 5.92 Å². The van der Waals surface area contributed by atoms with E-state index in [0.717, 1.165) is 0 Å². The standard InChI is InChI=1S/C16H21NO/c1-11(2)14-9-17-8-13-6-5-7-18-10-15(12(3)4)16(13)14/h5-6,8-12H,7H2,1-4H3/b6-5-,15-10-. The average molecular weight is 243 g/mol. The van der Waals surface area contributed by atoms with Crippen molar-refractivity contribution in [1.29, 1.82) is 0 Å². The van der Waals surface area contributed by atoms with Gasteiger partial charge in [0.05, 0.1) is 6.26 Å². The Bertz CT molecular complexity index is 484. The Labute approximate surface area is 109 Å². The van der Waals surface area contributed by atoms with Crippen LogP contribution < -0.4 is 0 Å². The van der Waals surface area contributed by atoms with Crippen LogP contribution in [0.4, 0.5) is 0 Å². The Morgan fingerprint density at radius 3 is 2.56 bits per heavy atom. The van der Waals surface area contributed by atoms with Crippen molar-refractivity contribution in [1.82, 2.24) is 4.98 Å². The normalized spacial score (nSPS) is 19.6. The van der Waals surface area contributed by atoms with Gasteiger partial charge in [-0.2, -0.15) is 0 Å². The first kappa shape index (κ1) is 12.9. The van der Waals surface area contributed by atoms with Gasteiger partial charge in [0.15, 0.2) is 0 Å². The number of allylic oxidation sites excluding steroid dienone is 1. The highest BCUT2D eigenvalue weighted by Gasteiger charge is 2.18. The molecule has 1 aliphatic heterocycles. The van der Waals surface area contributed by atoms with Crippen LogP contribution in [0.15, 0.2) is 24.7 Å². The molecule has 0 aliphatic carbocycles. The molecule has 2 heteroatoms. The van der Waals surface area contributed by atoms with Gasteiger partial charge in [-0.25, -0.2) is 0 Å². The minimum absolute atomic E-state index is 0.440. The largest absolute Gasteiger partial charge is 0.497 e. The monoisotopic (exact) mass is 243 g/mol. The molecule has 0 unspecified atom stereocenters. The van der Waals surface area contributed by atoms with E-state index in [0.29, 0.717) is 18.4 Å². The van der Waals surface area contributed by atoms with Crippen molar-refractivity contribution in [3.63, 3.8) is 0 Å². The lowest BCUT2D eigenvalue weighted by Crippen LogP contribution is -2.06. The van der Waals surface area contributed by atoms with Gasteiger partial charge in [0.25, 0.3) is 0 Å². The van der Waals surface area contributed by atoms with Crippen molar-refractivity contribution in [2.45, 2.75) is 33.6 Å². The molecular formula is C16H21NO. The lowest BCUT2D eigenvalue weighted by atomic mass is 9.86. The van der Waals surface area contributed by atoms with E-state index >= 15 is 0 Å². The summed E-state index contributed by atoms with van der Waals surface area (Å²) in [6.45, 7) is 9.45. The molecule has 96 valence electrons. The molecule has 2 nitrogen and oxygen atoms in total. The fourth-order valence-electron chi connectivity index (χ4n) is 2.24. The van der Waals surface area contributed by atoms with Gasteiger partial charge in [0.1, 0.15) is 6.61 Å². The zero-order chi connectivity index (χ0) is 13.1. The summed E-state index contributed by atoms with van der Waals surface area (Å²) in [5, 5.41) is 0. The molecule has 0 spiro atoms. The number of aromatic nitrogens is 1. The highest BCUT2D eigenvalue weighted by molar-refractivity contribution is 5.77. The molecule has 0 N–H and O–H groups in total. The molecule has 1 aromatic rings. The highest BCUT2D eigenvalue weighted by atomic mass is 16.5. The smallest absolute Gasteiger partial charge is 0.106 e. The lowest BCUT2D eigenvalue weighted by molar-refractivity contribution is 0.290. The van der Waals surface area contributed by atoms with Gasteiger partial charge in [0.2, 0.25) is 0 Å². The van der Waals surface area contributed by atoms with E-state index in [4.69, 9.17) is 4.74 Å². The zero-order valence-electron chi connectivity index (χ0n) is 11.6. The van der Waals surface area contributed by atoms with Crippen LogP contribution in [0.2, 0.25) is 0 Å². The summed E-state index contributed by atoms with van der Waals surface area (Å²) in [6, 6.07) is 0. The van der Waals surface area contributed by atoms with Crippen molar-refractivity contribution >= 4 is 11.6 Å². The first-order valence-electron chi connectivity index (χ1n) is 6.57. The molecule has 2 rings (SSSR count). The summed E-state index contributed by atoms with van der Waals surface area (Å²) in [4.78, 5) is 4.37. The molecule has 0 saturated heterocycles. The SMILES string of the molecule is CC(C)/C1=C/OC/C=C\c2cncc(C(C)C)c21. The second kappa shape index (κ2) is 5.38. The Kier molecular flexibility index (Phi) is 3.85. The molecule has 18 heavy (non-hydrogen) atoms. The maximum atomic E-state index is 5.57. The number of rotatable bonds is 2. The number of nitrogens with zero attached hydrogens (tertiary/aromatic N) is 1. The molecule has 2 heterocycles. The fraction of sp³-hybridized carbons (Fsp3) is 0.438. The Morgan fingerprint density at radius 1 is 1.11 bits per heavy atom. The van der Waals surface area contributed by atoms with Crippen LogP contribution >= 0.6 is 0 Å². The molecule has 0 bridgehead atoms. The predicted octanol–water partition coefficient (Wildman–Crippen LogP) is 4.25. The van der Waals surface area contributed by atoms with Crippen LogP contribution in [-0.2, 0) is 4.74 Å². The van der Waals surface area contributed by atoms with Crippen molar-refractivity contribution in [3.8, 4) is 0 Å². The summed E-state index contributed by atoms with van der Waals surface area (Å²) in [6.07, 6.45) is 10.00. The van der Waals surface area contributed by atoms with Crippen molar-refractivity contribution in [2.24, 2.45) is 5.92 Å². The van der Waals surface area contributed by atoms with Crippen LogP contribution in [0.5, 0.6) is 0 Å². The zero-order valence-corrected chi connectivity index (χ0v) is 11.6. The molecule has 0 amide bonds. The summed E-state index contributed by atoms with van der Waals surface area (Å²) in [5.41, 5.74) is 5.05. The number of hydrogen-bond acceptors (Lipinski definition) is 2. The van der Waals surface area contributed by atoms with Crippen molar-refractivity contribution < 1.29 is 4.74 Å². The van der Waals surface area contributed by atoms with Gasteiger partial charge < -0.3 is 4.74 Å². The van der Waals surface area contributed by atoms with Crippen LogP contribution in [-0.4, -0.2) is 11.6 Å². The molecule has 0 atom stereocenters. The van der Waals surface area contributed by atoms with Gasteiger partial charge >= 0.3 is 0 Å². The van der Waals surface area contributed by atoms with Crippen LogP contribution in [0.3, 0.4) is 0 Å². The average Bonchev–Trinajstić information content (AvgIpc) is 2.28. The first-order chi connectivity index (χ1) is 8.61. The van der Waals surface area contributed by atoms with E-state index in [1.54, 1.807) is 0 Å². The quantitative estimate of drug-likeness (QED) is 0.775. The third-order valence-electron chi connectivity index (χ3n) is 3.24. The van der Waals surface area contributed by atoms with Crippen LogP contribution in [0.25, 0.3) is 11.6 Å². The minimum atomic E-state index is 0.440. The molecular weight excluding hydrogens is 222 g/mol. The summed E-state index contributed by atoms with van der Waals surface area (Å²) >= 11 is 0. The number of hydrogen-bond donors (Lipinski definition) is 0. The maximum absolute atomic E-state index is 5.57. The van der Waals surface area contributed by atoms with E-state index in [1.165, 1.54) is 22.3 Å². The number of ether oxygens (including phenoxy) is 1. The topological polar surface area (TPSA) is 22.1 Å². The molecule has 0 saturated carbocycles. The lowest BCUT2D eigenvalue weighted by Gasteiger charge is -2.21. The molecule has 1 aromatic heterocycles. The van der Waals surface area contributed by atoms with Gasteiger partial charge in [-0.1, -0.05) is 33.8 Å². The minimum Gasteiger partial charge on any atom is -0.497 e. The molecule has 0 fully saturated rings. The summed E-state index contributed by atoms with van der Waals surface area (Å²) in [7, 11) is 0. The van der Waals surface area contributed by atoms with Crippen molar-refractivity contribution in [3.05, 3.63) is 41.4 Å². The van der Waals surface area contributed by atoms with E-state index in [-0.39, 0.29) is 0 Å². The highest BCUT2D eigenvalue weighted by Crippen LogP contribution is 2.34. The first-order valence-corrected chi connectivity index (χ1v) is 6.57. The van der Waals surface area contributed by atoms with E-state index < -0.39 is 0 Å². The second-order valence-corrected chi connectivity index (χ2v) is 5.31. The Hall–Kier alpha value is -1.57. The van der Waals surface area contributed by atoms with Gasteiger partial charge in [-0.05, 0) is 34.6 Å². The Morgan fingerprint density at radius 2 is 1.89 bits per heavy atom. The molecule has 0 aromatic carbocycles. The van der Waals surface area contributed by atoms with E-state index in [9.17, 15) is 0 Å². The third kappa shape index (κ3) is 2.47. The number of fused-ring (bicyclic) bond motifs is 1. The summed E-state index contributed by atoms with van der Waals surface area (Å²) < 4.78 is 5.57. The van der Waals surface area contributed by atoms with E-state index in [2.05, 4.69) is 38.8 Å². The number of pyridine rings is 1. The molecule has 1 aliphatic rings. The second-order valence-electron chi connectivity index (χ2n) is 5.31. The Balaban J connectivity index is 2.67. The van der Waals surface area contributed by atoms with Gasteiger partial charge in [0, 0.05) is 18.0 Å². The van der Waals surface area contributed by atoms with Crippen LogP contribution in [0.1, 0.15) is 50.3 Å². The molecule has 0 radical (unpaired) electrons.